The van der Waals surface area contributed by atoms with Gasteiger partial charge in [0, 0.05) is 36.9 Å². The number of carbonyl (C=O) groups is 1. The van der Waals surface area contributed by atoms with Gasteiger partial charge in [-0.15, -0.1) is 11.3 Å². The molecule has 3 aliphatic rings. The molecular weight excluding hydrogens is 690 g/mol. The molecule has 0 bridgehead atoms. The minimum atomic E-state index is -3.81. The second-order valence-corrected chi connectivity index (χ2v) is 19.2. The Bertz CT molecular complexity index is 1770. The summed E-state index contributed by atoms with van der Waals surface area (Å²) in [5.74, 6) is -0.158. The first-order valence-electron chi connectivity index (χ1n) is 17.3. The van der Waals surface area contributed by atoms with E-state index in [1.54, 1.807) is 22.5 Å². The third-order valence-electron chi connectivity index (χ3n) is 10.6. The molecule has 2 aliphatic heterocycles. The average molecular weight is 736 g/mol. The number of unbranched alkanes of at least 4 members (excludes halogenated alkanes) is 1. The first kappa shape index (κ1) is 35.6. The molecule has 0 spiro atoms. The lowest BCUT2D eigenvalue weighted by Crippen LogP contribution is -2.40. The number of carboxylic acid groups (broad SMARTS) is 1. The summed E-state index contributed by atoms with van der Waals surface area (Å²) in [7, 11) is -7.25. The van der Waals surface area contributed by atoms with E-state index in [1.807, 2.05) is 24.3 Å². The minimum absolute atomic E-state index is 0.104. The third-order valence-corrected chi connectivity index (χ3v) is 15.9. The predicted octanol–water partition coefficient (Wildman–Crippen LogP) is 7.35. The number of nitrogens with zero attached hydrogens (tertiary/aromatic N) is 2. The molecule has 3 heterocycles. The van der Waals surface area contributed by atoms with E-state index < -0.39 is 38.0 Å². The molecule has 2 N–H and O–H groups in total. The van der Waals surface area contributed by atoms with Crippen molar-refractivity contribution in [1.29, 1.82) is 0 Å². The Labute approximate surface area is 293 Å². The summed E-state index contributed by atoms with van der Waals surface area (Å²) in [6.45, 7) is 2.94. The minimum Gasteiger partial charge on any atom is -0.481 e. The third kappa shape index (κ3) is 8.38. The highest BCUT2D eigenvalue weighted by Gasteiger charge is 2.32. The standard InChI is InChI=1S/C35H46ClN3O6S3/c36-31-24-30(47(42,43)37-29-10-5-9-28(22-29)35(40)41)12-13-32(31)38-18-14-25(15-19-38)6-1-2-7-26-16-20-39(21-17-26)48(44,45)34-23-27-8-3-4-11-33(27)46-34/h3-4,8,11-13,23-26,28-29,37H,1-2,5-7,9-10,14-22H2,(H,40,41). The molecule has 3 fully saturated rings. The Morgan fingerprint density at radius 1 is 0.875 bits per heavy atom. The van der Waals surface area contributed by atoms with Crippen molar-refractivity contribution < 1.29 is 26.7 Å². The number of hydrogen-bond donors (Lipinski definition) is 2. The van der Waals surface area contributed by atoms with Crippen molar-refractivity contribution in [1.82, 2.24) is 9.03 Å². The number of carboxylic acids is 1. The SMILES string of the molecule is O=C(O)C1CCCC(NS(=O)(=O)c2ccc(N3CCC(CCCCC4CCN(S(=O)(=O)c5cc6ccccc6s5)CC4)CC3)c(Cl)c2)C1. The summed E-state index contributed by atoms with van der Waals surface area (Å²) in [5, 5.41) is 10.7. The van der Waals surface area contributed by atoms with Crippen molar-refractivity contribution in [2.75, 3.05) is 31.1 Å². The number of hydrogen-bond acceptors (Lipinski definition) is 7. The zero-order valence-corrected chi connectivity index (χ0v) is 30.4. The van der Waals surface area contributed by atoms with Gasteiger partial charge in [0.25, 0.3) is 10.0 Å². The molecule has 2 atom stereocenters. The Morgan fingerprint density at radius 3 is 2.19 bits per heavy atom. The number of sulfonamides is 2. The number of nitrogens with one attached hydrogen (secondary N) is 1. The highest BCUT2D eigenvalue weighted by atomic mass is 35.5. The van der Waals surface area contributed by atoms with E-state index in [1.165, 1.54) is 36.7 Å². The van der Waals surface area contributed by atoms with E-state index in [-0.39, 0.29) is 4.90 Å². The molecule has 13 heteroatoms. The summed E-state index contributed by atoms with van der Waals surface area (Å²) >= 11 is 7.98. The summed E-state index contributed by atoms with van der Waals surface area (Å²) in [5.41, 5.74) is 0.846. The van der Waals surface area contributed by atoms with Gasteiger partial charge in [0.05, 0.1) is 21.5 Å². The van der Waals surface area contributed by atoms with E-state index in [0.29, 0.717) is 59.8 Å². The molecule has 0 radical (unpaired) electrons. The topological polar surface area (TPSA) is 124 Å². The van der Waals surface area contributed by atoms with Crippen LogP contribution in [0.4, 0.5) is 5.69 Å². The van der Waals surface area contributed by atoms with Crippen molar-refractivity contribution >= 4 is 64.7 Å². The zero-order chi connectivity index (χ0) is 33.9. The lowest BCUT2D eigenvalue weighted by molar-refractivity contribution is -0.143. The maximum atomic E-state index is 13.3. The molecule has 2 aromatic carbocycles. The molecular formula is C35H46ClN3O6S3. The normalized spacial score (nSPS) is 22.3. The van der Waals surface area contributed by atoms with E-state index >= 15 is 0 Å². The van der Waals surface area contributed by atoms with Gasteiger partial charge in [-0.05, 0) is 92.5 Å². The number of anilines is 1. The fourth-order valence-electron chi connectivity index (χ4n) is 7.70. The van der Waals surface area contributed by atoms with Crippen LogP contribution in [0.2, 0.25) is 5.02 Å². The van der Waals surface area contributed by atoms with Crippen LogP contribution in [0.1, 0.15) is 77.0 Å². The molecule has 9 nitrogen and oxygen atoms in total. The monoisotopic (exact) mass is 735 g/mol. The van der Waals surface area contributed by atoms with Crippen molar-refractivity contribution in [3.63, 3.8) is 0 Å². The largest absolute Gasteiger partial charge is 0.481 e. The quantitative estimate of drug-likeness (QED) is 0.187. The zero-order valence-electron chi connectivity index (χ0n) is 27.2. The second kappa shape index (κ2) is 15.3. The van der Waals surface area contributed by atoms with Gasteiger partial charge in [-0.25, -0.2) is 21.6 Å². The summed E-state index contributed by atoms with van der Waals surface area (Å²) in [6.07, 6.45) is 10.9. The molecule has 6 rings (SSSR count). The van der Waals surface area contributed by atoms with Crippen LogP contribution in [-0.4, -0.2) is 64.4 Å². The van der Waals surface area contributed by atoms with Crippen LogP contribution in [0.25, 0.3) is 10.1 Å². The van der Waals surface area contributed by atoms with Gasteiger partial charge in [0.2, 0.25) is 10.0 Å². The number of piperidine rings is 2. The highest BCUT2D eigenvalue weighted by Crippen LogP contribution is 2.36. The Hall–Kier alpha value is -2.22. The van der Waals surface area contributed by atoms with E-state index in [4.69, 9.17) is 11.6 Å². The van der Waals surface area contributed by atoms with Crippen LogP contribution in [0.3, 0.4) is 0 Å². The average Bonchev–Trinajstić information content (AvgIpc) is 3.53. The van der Waals surface area contributed by atoms with Crippen molar-refractivity contribution in [3.05, 3.63) is 53.6 Å². The summed E-state index contributed by atoms with van der Waals surface area (Å²) in [4.78, 5) is 13.7. The molecule has 1 saturated carbocycles. The maximum Gasteiger partial charge on any atom is 0.306 e. The second-order valence-electron chi connectivity index (χ2n) is 13.8. The molecule has 2 saturated heterocycles. The first-order valence-corrected chi connectivity index (χ1v) is 21.4. The fraction of sp³-hybridized carbons (Fsp3) is 0.571. The van der Waals surface area contributed by atoms with Crippen molar-refractivity contribution in [2.24, 2.45) is 17.8 Å². The number of thiophene rings is 1. The van der Waals surface area contributed by atoms with Gasteiger partial charge in [-0.2, -0.15) is 4.31 Å². The maximum absolute atomic E-state index is 13.3. The number of fused-ring (bicyclic) bond motifs is 1. The number of benzene rings is 2. The lowest BCUT2D eigenvalue weighted by atomic mass is 9.86. The number of rotatable bonds is 12. The van der Waals surface area contributed by atoms with Crippen LogP contribution >= 0.6 is 22.9 Å². The number of aliphatic carboxylic acids is 1. The van der Waals surface area contributed by atoms with Crippen LogP contribution < -0.4 is 9.62 Å². The van der Waals surface area contributed by atoms with Gasteiger partial charge in [-0.3, -0.25) is 4.79 Å². The van der Waals surface area contributed by atoms with Gasteiger partial charge < -0.3 is 10.0 Å². The Balaban J connectivity index is 0.903. The van der Waals surface area contributed by atoms with Crippen LogP contribution in [0, 0.1) is 17.8 Å². The van der Waals surface area contributed by atoms with Gasteiger partial charge in [-0.1, -0.05) is 61.9 Å². The molecule has 1 aliphatic carbocycles. The van der Waals surface area contributed by atoms with Crippen LogP contribution in [0.5, 0.6) is 0 Å². The number of halogens is 1. The van der Waals surface area contributed by atoms with Gasteiger partial charge >= 0.3 is 5.97 Å². The van der Waals surface area contributed by atoms with E-state index in [0.717, 1.165) is 61.0 Å². The first-order chi connectivity index (χ1) is 23.0. The molecule has 1 aromatic heterocycles. The molecule has 48 heavy (non-hydrogen) atoms. The smallest absolute Gasteiger partial charge is 0.306 e. The molecule has 3 aromatic rings. The fourth-order valence-corrected chi connectivity index (χ4v) is 12.4. The van der Waals surface area contributed by atoms with Crippen LogP contribution in [0.15, 0.2) is 57.6 Å². The Kier molecular flexibility index (Phi) is 11.4. The summed E-state index contributed by atoms with van der Waals surface area (Å²) < 4.78 is 58.5. The van der Waals surface area contributed by atoms with Gasteiger partial charge in [0.15, 0.2) is 0 Å². The van der Waals surface area contributed by atoms with Gasteiger partial charge in [0.1, 0.15) is 4.21 Å². The summed E-state index contributed by atoms with van der Waals surface area (Å²) in [6, 6.07) is 14.1. The van der Waals surface area contributed by atoms with Crippen LogP contribution in [-0.2, 0) is 24.8 Å². The van der Waals surface area contributed by atoms with Crippen molar-refractivity contribution in [2.45, 2.75) is 92.2 Å². The van der Waals surface area contributed by atoms with Crippen molar-refractivity contribution in [3.8, 4) is 0 Å². The molecule has 2 unspecified atom stereocenters. The lowest BCUT2D eigenvalue weighted by Gasteiger charge is -2.34. The Morgan fingerprint density at radius 2 is 1.54 bits per heavy atom. The highest BCUT2D eigenvalue weighted by molar-refractivity contribution is 7.91. The van der Waals surface area contributed by atoms with E-state index in [2.05, 4.69) is 9.62 Å². The van der Waals surface area contributed by atoms with E-state index in [9.17, 15) is 26.7 Å². The molecule has 0 amide bonds. The molecule has 262 valence electrons. The predicted molar refractivity (Wildman–Crippen MR) is 192 cm³/mol.